The predicted molar refractivity (Wildman–Crippen MR) is 116 cm³/mol. The van der Waals surface area contributed by atoms with E-state index in [1.165, 1.54) is 25.3 Å². The van der Waals surface area contributed by atoms with Crippen LogP contribution in [-0.4, -0.2) is 48.5 Å². The number of carbonyl (C=O) groups excluding carboxylic acids is 1. The van der Waals surface area contributed by atoms with Crippen LogP contribution in [0.5, 0.6) is 5.75 Å². The van der Waals surface area contributed by atoms with Gasteiger partial charge < -0.3 is 24.2 Å². The summed E-state index contributed by atoms with van der Waals surface area (Å²) in [6, 6.07) is 9.63. The zero-order valence-electron chi connectivity index (χ0n) is 18.2. The van der Waals surface area contributed by atoms with E-state index in [1.807, 2.05) is 26.0 Å². The first kappa shape index (κ1) is 21.8. The van der Waals surface area contributed by atoms with Crippen LogP contribution in [0.25, 0.3) is 11.3 Å². The second-order valence-electron chi connectivity index (χ2n) is 7.79. The molecule has 1 saturated heterocycles. The number of benzene rings is 1. The van der Waals surface area contributed by atoms with Crippen molar-refractivity contribution in [1.29, 1.82) is 0 Å². The van der Waals surface area contributed by atoms with E-state index in [2.05, 4.69) is 20.4 Å². The Hall–Kier alpha value is -3.46. The highest BCUT2D eigenvalue weighted by Gasteiger charge is 2.23. The number of carbonyl (C=O) groups is 1. The number of rotatable bonds is 6. The van der Waals surface area contributed by atoms with Crippen molar-refractivity contribution in [3.63, 3.8) is 0 Å². The van der Waals surface area contributed by atoms with Crippen LogP contribution in [0.1, 0.15) is 29.9 Å². The predicted octanol–water partition coefficient (Wildman–Crippen LogP) is 3.43. The number of amides is 1. The van der Waals surface area contributed by atoms with Gasteiger partial charge in [0.1, 0.15) is 17.4 Å². The molecule has 2 aromatic heterocycles. The van der Waals surface area contributed by atoms with Gasteiger partial charge in [0.15, 0.2) is 11.5 Å². The molecule has 2 atom stereocenters. The number of nitrogens with zero attached hydrogens (tertiary/aromatic N) is 3. The summed E-state index contributed by atoms with van der Waals surface area (Å²) in [7, 11) is 1.46. The molecule has 0 aliphatic carbocycles. The summed E-state index contributed by atoms with van der Waals surface area (Å²) >= 11 is 0. The van der Waals surface area contributed by atoms with Crippen LogP contribution in [0.2, 0.25) is 0 Å². The van der Waals surface area contributed by atoms with E-state index >= 15 is 0 Å². The van der Waals surface area contributed by atoms with Crippen LogP contribution in [-0.2, 0) is 11.3 Å². The zero-order valence-corrected chi connectivity index (χ0v) is 18.2. The van der Waals surface area contributed by atoms with Crippen LogP contribution in [0.3, 0.4) is 0 Å². The van der Waals surface area contributed by atoms with Crippen molar-refractivity contribution in [2.45, 2.75) is 32.6 Å². The average molecular weight is 440 g/mol. The van der Waals surface area contributed by atoms with Crippen molar-refractivity contribution in [3.8, 4) is 17.1 Å². The maximum atomic E-state index is 14.2. The minimum Gasteiger partial charge on any atom is -0.497 e. The van der Waals surface area contributed by atoms with Crippen molar-refractivity contribution in [2.75, 3.05) is 25.1 Å². The molecule has 8 nitrogen and oxygen atoms in total. The van der Waals surface area contributed by atoms with Crippen LogP contribution >= 0.6 is 0 Å². The van der Waals surface area contributed by atoms with Gasteiger partial charge in [-0.05, 0) is 37.6 Å². The van der Waals surface area contributed by atoms with Crippen LogP contribution in [0, 0.1) is 5.82 Å². The lowest BCUT2D eigenvalue weighted by Gasteiger charge is -2.36. The molecule has 9 heteroatoms. The monoisotopic (exact) mass is 440 g/mol. The molecule has 1 N–H and O–H groups in total. The summed E-state index contributed by atoms with van der Waals surface area (Å²) in [4.78, 5) is 19.2. The molecule has 1 fully saturated rings. The van der Waals surface area contributed by atoms with Gasteiger partial charge in [-0.25, -0.2) is 9.37 Å². The van der Waals surface area contributed by atoms with Gasteiger partial charge in [0.25, 0.3) is 5.91 Å². The van der Waals surface area contributed by atoms with Crippen molar-refractivity contribution < 1.29 is 23.2 Å². The second-order valence-corrected chi connectivity index (χ2v) is 7.79. The summed E-state index contributed by atoms with van der Waals surface area (Å²) in [6.45, 7) is 5.95. The minimum atomic E-state index is -0.525. The molecule has 3 heterocycles. The van der Waals surface area contributed by atoms with E-state index in [4.69, 9.17) is 14.0 Å². The molecule has 1 aliphatic heterocycles. The maximum absolute atomic E-state index is 14.2. The number of methoxy groups -OCH3 is 1. The fourth-order valence-corrected chi connectivity index (χ4v) is 3.68. The first-order valence-corrected chi connectivity index (χ1v) is 10.4. The first-order chi connectivity index (χ1) is 15.4. The average Bonchev–Trinajstić information content (AvgIpc) is 3.27. The van der Waals surface area contributed by atoms with Crippen molar-refractivity contribution >= 4 is 11.7 Å². The summed E-state index contributed by atoms with van der Waals surface area (Å²) in [5.41, 5.74) is 1.11. The highest BCUT2D eigenvalue weighted by Crippen LogP contribution is 2.27. The fraction of sp³-hybridized carbons (Fsp3) is 0.348. The zero-order chi connectivity index (χ0) is 22.7. The maximum Gasteiger partial charge on any atom is 0.273 e. The Bertz CT molecular complexity index is 1080. The number of ether oxygens (including phenoxy) is 2. The van der Waals surface area contributed by atoms with Gasteiger partial charge in [-0.1, -0.05) is 11.2 Å². The van der Waals surface area contributed by atoms with E-state index in [-0.39, 0.29) is 35.8 Å². The van der Waals surface area contributed by atoms with Gasteiger partial charge in [-0.2, -0.15) is 0 Å². The van der Waals surface area contributed by atoms with Gasteiger partial charge in [-0.3, -0.25) is 4.79 Å². The molecule has 0 unspecified atom stereocenters. The minimum absolute atomic E-state index is 0.0658. The molecular formula is C23H25FN4O4. The molecule has 1 aromatic carbocycles. The van der Waals surface area contributed by atoms with E-state index in [0.717, 1.165) is 24.5 Å². The molecular weight excluding hydrogens is 415 g/mol. The Morgan fingerprint density at radius 3 is 2.66 bits per heavy atom. The van der Waals surface area contributed by atoms with E-state index in [1.54, 1.807) is 12.3 Å². The molecule has 3 aromatic rings. The molecule has 0 bridgehead atoms. The number of pyridine rings is 1. The topological polar surface area (TPSA) is 89.7 Å². The first-order valence-electron chi connectivity index (χ1n) is 10.4. The third kappa shape index (κ3) is 4.88. The van der Waals surface area contributed by atoms with E-state index in [9.17, 15) is 9.18 Å². The standard InChI is InChI=1S/C23H25FN4O4/c1-14-12-28(13-15(2)31-14)22-7-4-16(10-25-22)11-26-23(29)20-9-21(32-27-20)18-6-5-17(30-3)8-19(18)24/h4-10,14-15H,11-13H2,1-3H3,(H,26,29)/t14-,15+. The molecule has 0 spiro atoms. The SMILES string of the molecule is COc1ccc(-c2cc(C(=O)NCc3ccc(N4C[C@@H](C)O[C@@H](C)C4)nc3)no2)c(F)c1. The van der Waals surface area contributed by atoms with Crippen molar-refractivity contribution in [2.24, 2.45) is 0 Å². The van der Waals surface area contributed by atoms with Crippen molar-refractivity contribution in [3.05, 3.63) is 59.7 Å². The highest BCUT2D eigenvalue weighted by atomic mass is 19.1. The van der Waals surface area contributed by atoms with Crippen LogP contribution < -0.4 is 15.0 Å². The Labute approximate surface area is 185 Å². The van der Waals surface area contributed by atoms with Gasteiger partial charge in [0, 0.05) is 38.0 Å². The molecule has 0 saturated carbocycles. The van der Waals surface area contributed by atoms with Gasteiger partial charge >= 0.3 is 0 Å². The number of aromatic nitrogens is 2. The Balaban J connectivity index is 1.36. The number of morpholine rings is 1. The van der Waals surface area contributed by atoms with E-state index < -0.39 is 11.7 Å². The number of anilines is 1. The largest absolute Gasteiger partial charge is 0.497 e. The normalized spacial score (nSPS) is 18.4. The number of halogens is 1. The summed E-state index contributed by atoms with van der Waals surface area (Å²) in [6.07, 6.45) is 2.04. The summed E-state index contributed by atoms with van der Waals surface area (Å²) in [5.74, 6) is 0.484. The molecule has 168 valence electrons. The Morgan fingerprint density at radius 1 is 1.22 bits per heavy atom. The number of nitrogens with one attached hydrogen (secondary N) is 1. The van der Waals surface area contributed by atoms with Crippen LogP contribution in [0.15, 0.2) is 47.1 Å². The van der Waals surface area contributed by atoms with Gasteiger partial charge in [0.2, 0.25) is 0 Å². The lowest BCUT2D eigenvalue weighted by atomic mass is 10.1. The lowest BCUT2D eigenvalue weighted by molar-refractivity contribution is -0.00546. The molecule has 0 radical (unpaired) electrons. The number of hydrogen-bond donors (Lipinski definition) is 1. The quantitative estimate of drug-likeness (QED) is 0.628. The smallest absolute Gasteiger partial charge is 0.273 e. The second kappa shape index (κ2) is 9.35. The van der Waals surface area contributed by atoms with Crippen LogP contribution in [0.4, 0.5) is 10.2 Å². The number of hydrogen-bond acceptors (Lipinski definition) is 7. The lowest BCUT2D eigenvalue weighted by Crippen LogP contribution is -2.45. The third-order valence-electron chi connectivity index (χ3n) is 5.19. The fourth-order valence-electron chi connectivity index (χ4n) is 3.68. The summed E-state index contributed by atoms with van der Waals surface area (Å²) < 4.78 is 30.1. The molecule has 1 aliphatic rings. The van der Waals surface area contributed by atoms with Gasteiger partial charge in [-0.15, -0.1) is 0 Å². The third-order valence-corrected chi connectivity index (χ3v) is 5.19. The molecule has 4 rings (SSSR count). The van der Waals surface area contributed by atoms with Gasteiger partial charge in [0.05, 0.1) is 24.9 Å². The summed E-state index contributed by atoms with van der Waals surface area (Å²) in [5, 5.41) is 6.54. The van der Waals surface area contributed by atoms with E-state index in [0.29, 0.717) is 5.75 Å². The molecule has 1 amide bonds. The highest BCUT2D eigenvalue weighted by molar-refractivity contribution is 5.93. The molecule has 32 heavy (non-hydrogen) atoms. The Morgan fingerprint density at radius 2 is 2.00 bits per heavy atom. The van der Waals surface area contributed by atoms with Crippen molar-refractivity contribution in [1.82, 2.24) is 15.5 Å². The Kier molecular flexibility index (Phi) is 6.36.